The van der Waals surface area contributed by atoms with Crippen molar-refractivity contribution in [2.24, 2.45) is 0 Å². The Morgan fingerprint density at radius 3 is 2.95 bits per heavy atom. The average Bonchev–Trinajstić information content (AvgIpc) is 2.95. The number of amides is 1. The van der Waals surface area contributed by atoms with Crippen molar-refractivity contribution in [1.29, 1.82) is 0 Å². The SMILES string of the molecule is CCNc1ccccc1C(=O)Nc1ccc2c(c1)CCO2. The third-order valence-electron chi connectivity index (χ3n) is 3.49. The predicted molar refractivity (Wildman–Crippen MR) is 84.2 cm³/mol. The molecule has 1 aliphatic heterocycles. The topological polar surface area (TPSA) is 50.4 Å². The van der Waals surface area contributed by atoms with Crippen molar-refractivity contribution in [3.05, 3.63) is 53.6 Å². The molecule has 0 atom stereocenters. The minimum Gasteiger partial charge on any atom is -0.493 e. The van der Waals surface area contributed by atoms with Crippen molar-refractivity contribution in [1.82, 2.24) is 0 Å². The summed E-state index contributed by atoms with van der Waals surface area (Å²) in [4.78, 5) is 12.4. The normalized spacial score (nSPS) is 12.4. The number of ether oxygens (including phenoxy) is 1. The molecule has 0 fully saturated rings. The van der Waals surface area contributed by atoms with Gasteiger partial charge in [-0.2, -0.15) is 0 Å². The number of carbonyl (C=O) groups is 1. The van der Waals surface area contributed by atoms with Crippen LogP contribution in [0.15, 0.2) is 42.5 Å². The van der Waals surface area contributed by atoms with Crippen molar-refractivity contribution < 1.29 is 9.53 Å². The zero-order valence-electron chi connectivity index (χ0n) is 12.0. The molecule has 0 radical (unpaired) electrons. The van der Waals surface area contributed by atoms with E-state index in [9.17, 15) is 4.79 Å². The Labute approximate surface area is 124 Å². The molecular weight excluding hydrogens is 264 g/mol. The average molecular weight is 282 g/mol. The van der Waals surface area contributed by atoms with Crippen LogP contribution in [0.5, 0.6) is 5.75 Å². The fourth-order valence-corrected chi connectivity index (χ4v) is 2.49. The molecule has 2 N–H and O–H groups in total. The molecule has 4 heteroatoms. The molecule has 0 bridgehead atoms. The standard InChI is InChI=1S/C17H18N2O2/c1-2-18-15-6-4-3-5-14(15)17(20)19-13-7-8-16-12(11-13)9-10-21-16/h3-8,11,18H,2,9-10H2,1H3,(H,19,20). The minimum atomic E-state index is -0.106. The van der Waals surface area contributed by atoms with E-state index in [1.807, 2.05) is 49.4 Å². The summed E-state index contributed by atoms with van der Waals surface area (Å²) < 4.78 is 5.47. The summed E-state index contributed by atoms with van der Waals surface area (Å²) in [6, 6.07) is 13.3. The number of hydrogen-bond acceptors (Lipinski definition) is 3. The fourth-order valence-electron chi connectivity index (χ4n) is 2.49. The lowest BCUT2D eigenvalue weighted by atomic mass is 10.1. The summed E-state index contributed by atoms with van der Waals surface area (Å²) in [5, 5.41) is 6.16. The molecule has 108 valence electrons. The van der Waals surface area contributed by atoms with Crippen molar-refractivity contribution >= 4 is 17.3 Å². The van der Waals surface area contributed by atoms with Gasteiger partial charge >= 0.3 is 0 Å². The molecule has 4 nitrogen and oxygen atoms in total. The van der Waals surface area contributed by atoms with Gasteiger partial charge in [0, 0.05) is 24.3 Å². The van der Waals surface area contributed by atoms with Gasteiger partial charge in [0.1, 0.15) is 5.75 Å². The molecule has 0 aliphatic carbocycles. The molecule has 1 aliphatic rings. The summed E-state index contributed by atoms with van der Waals surface area (Å²) in [6.45, 7) is 3.51. The Morgan fingerprint density at radius 1 is 1.24 bits per heavy atom. The highest BCUT2D eigenvalue weighted by atomic mass is 16.5. The lowest BCUT2D eigenvalue weighted by Gasteiger charge is -2.11. The number of hydrogen-bond donors (Lipinski definition) is 2. The van der Waals surface area contributed by atoms with Gasteiger partial charge in [-0.3, -0.25) is 4.79 Å². The van der Waals surface area contributed by atoms with E-state index >= 15 is 0 Å². The van der Waals surface area contributed by atoms with Gasteiger partial charge in [-0.15, -0.1) is 0 Å². The first kappa shape index (κ1) is 13.5. The predicted octanol–water partition coefficient (Wildman–Crippen LogP) is 3.31. The lowest BCUT2D eigenvalue weighted by Crippen LogP contribution is -2.14. The molecule has 1 amide bonds. The summed E-state index contributed by atoms with van der Waals surface area (Å²) in [7, 11) is 0. The first-order valence-electron chi connectivity index (χ1n) is 7.18. The Balaban J connectivity index is 1.80. The Morgan fingerprint density at radius 2 is 2.10 bits per heavy atom. The van der Waals surface area contributed by atoms with Crippen molar-refractivity contribution in [2.45, 2.75) is 13.3 Å². The highest BCUT2D eigenvalue weighted by Crippen LogP contribution is 2.28. The molecule has 0 saturated heterocycles. The number of carbonyl (C=O) groups excluding carboxylic acids is 1. The molecule has 0 saturated carbocycles. The summed E-state index contributed by atoms with van der Waals surface area (Å²) in [5.41, 5.74) is 3.45. The Bertz CT molecular complexity index is 668. The van der Waals surface area contributed by atoms with Crippen LogP contribution in [0.3, 0.4) is 0 Å². The number of anilines is 2. The lowest BCUT2D eigenvalue weighted by molar-refractivity contribution is 0.102. The first-order valence-corrected chi connectivity index (χ1v) is 7.18. The highest BCUT2D eigenvalue weighted by molar-refractivity contribution is 6.08. The first-order chi connectivity index (χ1) is 10.3. The number of fused-ring (bicyclic) bond motifs is 1. The third-order valence-corrected chi connectivity index (χ3v) is 3.49. The Kier molecular flexibility index (Phi) is 3.77. The number of benzene rings is 2. The summed E-state index contributed by atoms with van der Waals surface area (Å²) in [5.74, 6) is 0.812. The zero-order chi connectivity index (χ0) is 14.7. The van der Waals surface area contributed by atoms with Crippen LogP contribution in [0.4, 0.5) is 11.4 Å². The van der Waals surface area contributed by atoms with Crippen LogP contribution in [0.1, 0.15) is 22.8 Å². The second-order valence-corrected chi connectivity index (χ2v) is 4.95. The molecule has 1 heterocycles. The van der Waals surface area contributed by atoms with Crippen molar-refractivity contribution in [2.75, 3.05) is 23.8 Å². The van der Waals surface area contributed by atoms with E-state index in [1.54, 1.807) is 0 Å². The maximum Gasteiger partial charge on any atom is 0.257 e. The number of nitrogens with one attached hydrogen (secondary N) is 2. The minimum absolute atomic E-state index is 0.106. The fraction of sp³-hybridized carbons (Fsp3) is 0.235. The van der Waals surface area contributed by atoms with Crippen LogP contribution in [0, 0.1) is 0 Å². The molecule has 0 aromatic heterocycles. The zero-order valence-corrected chi connectivity index (χ0v) is 12.0. The van der Waals surface area contributed by atoms with Gasteiger partial charge in [0.05, 0.1) is 12.2 Å². The second-order valence-electron chi connectivity index (χ2n) is 4.95. The van der Waals surface area contributed by atoms with E-state index in [1.165, 1.54) is 0 Å². The second kappa shape index (κ2) is 5.87. The summed E-state index contributed by atoms with van der Waals surface area (Å²) in [6.07, 6.45) is 0.896. The van der Waals surface area contributed by atoms with Crippen LogP contribution < -0.4 is 15.4 Å². The van der Waals surface area contributed by atoms with E-state index in [0.29, 0.717) is 5.56 Å². The van der Waals surface area contributed by atoms with Gasteiger partial charge in [0.15, 0.2) is 0 Å². The summed E-state index contributed by atoms with van der Waals surface area (Å²) >= 11 is 0. The monoisotopic (exact) mass is 282 g/mol. The van der Waals surface area contributed by atoms with Gasteiger partial charge in [0.2, 0.25) is 0 Å². The maximum atomic E-state index is 12.4. The number of rotatable bonds is 4. The quantitative estimate of drug-likeness (QED) is 0.904. The van der Waals surface area contributed by atoms with E-state index in [2.05, 4.69) is 10.6 Å². The van der Waals surface area contributed by atoms with Crippen LogP contribution >= 0.6 is 0 Å². The van der Waals surface area contributed by atoms with Crippen molar-refractivity contribution in [3.63, 3.8) is 0 Å². The van der Waals surface area contributed by atoms with Crippen LogP contribution in [0.2, 0.25) is 0 Å². The third kappa shape index (κ3) is 2.84. The van der Waals surface area contributed by atoms with E-state index in [0.717, 1.165) is 42.3 Å². The smallest absolute Gasteiger partial charge is 0.257 e. The molecule has 0 spiro atoms. The van der Waals surface area contributed by atoms with Gasteiger partial charge in [-0.05, 0) is 42.8 Å². The van der Waals surface area contributed by atoms with Gasteiger partial charge in [0.25, 0.3) is 5.91 Å². The molecule has 2 aromatic carbocycles. The van der Waals surface area contributed by atoms with Crippen molar-refractivity contribution in [3.8, 4) is 5.75 Å². The maximum absolute atomic E-state index is 12.4. The molecule has 0 unspecified atom stereocenters. The molecule has 21 heavy (non-hydrogen) atoms. The van der Waals surface area contributed by atoms with Gasteiger partial charge < -0.3 is 15.4 Å². The highest BCUT2D eigenvalue weighted by Gasteiger charge is 2.14. The van der Waals surface area contributed by atoms with Crippen LogP contribution in [-0.4, -0.2) is 19.1 Å². The molecule has 3 rings (SSSR count). The largest absolute Gasteiger partial charge is 0.493 e. The van der Waals surface area contributed by atoms with Crippen LogP contribution in [-0.2, 0) is 6.42 Å². The van der Waals surface area contributed by atoms with E-state index in [-0.39, 0.29) is 5.91 Å². The Hall–Kier alpha value is -2.49. The van der Waals surface area contributed by atoms with E-state index < -0.39 is 0 Å². The van der Waals surface area contributed by atoms with Gasteiger partial charge in [-0.1, -0.05) is 12.1 Å². The van der Waals surface area contributed by atoms with E-state index in [4.69, 9.17) is 4.74 Å². The molecular formula is C17H18N2O2. The van der Waals surface area contributed by atoms with Gasteiger partial charge in [-0.25, -0.2) is 0 Å². The van der Waals surface area contributed by atoms with Crippen LogP contribution in [0.25, 0.3) is 0 Å². The number of para-hydroxylation sites is 1. The molecule has 2 aromatic rings.